The fourth-order valence-electron chi connectivity index (χ4n) is 2.86. The molecule has 1 aromatic rings. The summed E-state index contributed by atoms with van der Waals surface area (Å²) < 4.78 is 6.46. The van der Waals surface area contributed by atoms with Crippen molar-refractivity contribution >= 4 is 28.5 Å². The maximum atomic E-state index is 12.1. The van der Waals surface area contributed by atoms with Gasteiger partial charge in [0.1, 0.15) is 5.75 Å². The first-order valence-corrected chi connectivity index (χ1v) is 7.45. The van der Waals surface area contributed by atoms with Gasteiger partial charge in [-0.25, -0.2) is 0 Å². The smallest absolute Gasteiger partial charge is 0.251 e. The van der Waals surface area contributed by atoms with Gasteiger partial charge in [0.2, 0.25) is 0 Å². The molecule has 0 unspecified atom stereocenters. The number of hydrogen-bond acceptors (Lipinski definition) is 2. The zero-order chi connectivity index (χ0) is 12.8. The first-order chi connectivity index (χ1) is 8.62. The molecule has 4 heteroatoms. The van der Waals surface area contributed by atoms with E-state index >= 15 is 0 Å². The first-order valence-electron chi connectivity index (χ1n) is 6.37. The van der Waals surface area contributed by atoms with Crippen molar-refractivity contribution in [1.29, 1.82) is 0 Å². The number of carbonyl (C=O) groups excluding carboxylic acids is 1. The van der Waals surface area contributed by atoms with Gasteiger partial charge < -0.3 is 10.1 Å². The lowest BCUT2D eigenvalue weighted by atomic mass is 9.50. The van der Waals surface area contributed by atoms with E-state index in [1.807, 2.05) is 25.1 Å². The van der Waals surface area contributed by atoms with Crippen molar-refractivity contribution in [3.63, 3.8) is 0 Å². The Morgan fingerprint density at radius 1 is 1.50 bits per heavy atom. The first kappa shape index (κ1) is 12.3. The SMILES string of the molecule is CCOc1ccc(C(=O)NC23CC(C2)C3)cc1I. The summed E-state index contributed by atoms with van der Waals surface area (Å²) in [6.07, 6.45) is 3.52. The van der Waals surface area contributed by atoms with Crippen LogP contribution < -0.4 is 10.1 Å². The van der Waals surface area contributed by atoms with Crippen LogP contribution in [0.5, 0.6) is 5.75 Å². The minimum Gasteiger partial charge on any atom is -0.493 e. The summed E-state index contributed by atoms with van der Waals surface area (Å²) in [7, 11) is 0. The van der Waals surface area contributed by atoms with Gasteiger partial charge in [0.15, 0.2) is 0 Å². The number of benzene rings is 1. The highest BCUT2D eigenvalue weighted by molar-refractivity contribution is 14.1. The van der Waals surface area contributed by atoms with Crippen molar-refractivity contribution in [2.24, 2.45) is 5.92 Å². The van der Waals surface area contributed by atoms with Gasteiger partial charge in [0, 0.05) is 11.1 Å². The molecule has 1 aromatic carbocycles. The second kappa shape index (κ2) is 4.40. The summed E-state index contributed by atoms with van der Waals surface area (Å²) in [6.45, 7) is 2.60. The molecule has 3 fully saturated rings. The predicted octanol–water partition coefficient (Wildman–Crippen LogP) is 2.97. The molecule has 0 radical (unpaired) electrons. The van der Waals surface area contributed by atoms with E-state index in [0.717, 1.165) is 20.8 Å². The Labute approximate surface area is 120 Å². The highest BCUT2D eigenvalue weighted by atomic mass is 127. The van der Waals surface area contributed by atoms with E-state index in [2.05, 4.69) is 27.9 Å². The lowest BCUT2D eigenvalue weighted by Crippen LogP contribution is -2.68. The van der Waals surface area contributed by atoms with E-state index in [1.54, 1.807) is 0 Å². The predicted molar refractivity (Wildman–Crippen MR) is 77.9 cm³/mol. The van der Waals surface area contributed by atoms with E-state index < -0.39 is 0 Å². The normalized spacial score (nSPS) is 28.0. The van der Waals surface area contributed by atoms with Crippen LogP contribution in [0.2, 0.25) is 0 Å². The maximum Gasteiger partial charge on any atom is 0.251 e. The molecular weight excluding hydrogens is 341 g/mol. The van der Waals surface area contributed by atoms with Crippen molar-refractivity contribution in [2.45, 2.75) is 31.7 Å². The molecule has 0 spiro atoms. The van der Waals surface area contributed by atoms with E-state index in [4.69, 9.17) is 4.74 Å². The fraction of sp³-hybridized carbons (Fsp3) is 0.500. The minimum atomic E-state index is 0.0501. The third kappa shape index (κ3) is 2.00. The topological polar surface area (TPSA) is 38.3 Å². The Balaban J connectivity index is 1.71. The van der Waals surface area contributed by atoms with Crippen LogP contribution in [0, 0.1) is 9.49 Å². The third-order valence-electron chi connectivity index (χ3n) is 3.91. The quantitative estimate of drug-likeness (QED) is 0.842. The molecule has 3 aliphatic rings. The minimum absolute atomic E-state index is 0.0501. The molecule has 96 valence electrons. The molecule has 3 aliphatic carbocycles. The number of hydrogen-bond donors (Lipinski definition) is 1. The van der Waals surface area contributed by atoms with E-state index in [0.29, 0.717) is 6.61 Å². The molecule has 0 aromatic heterocycles. The molecule has 4 rings (SSSR count). The second-order valence-electron chi connectivity index (χ2n) is 5.29. The Kier molecular flexibility index (Phi) is 3.00. The molecule has 0 saturated heterocycles. The molecule has 1 amide bonds. The largest absolute Gasteiger partial charge is 0.493 e. The molecule has 0 aliphatic heterocycles. The highest BCUT2D eigenvalue weighted by Gasteiger charge is 2.57. The summed E-state index contributed by atoms with van der Waals surface area (Å²) in [5.41, 5.74) is 0.874. The van der Waals surface area contributed by atoms with Crippen LogP contribution in [0.3, 0.4) is 0 Å². The van der Waals surface area contributed by atoms with Crippen molar-refractivity contribution in [3.8, 4) is 5.75 Å². The van der Waals surface area contributed by atoms with Crippen LogP contribution in [-0.4, -0.2) is 18.1 Å². The van der Waals surface area contributed by atoms with Crippen molar-refractivity contribution in [1.82, 2.24) is 5.32 Å². The molecule has 18 heavy (non-hydrogen) atoms. The van der Waals surface area contributed by atoms with Crippen molar-refractivity contribution < 1.29 is 9.53 Å². The standard InChI is InChI=1S/C14H16INO2/c1-2-18-12-4-3-10(5-11(12)15)13(17)16-14-6-9(7-14)8-14/h3-5,9H,2,6-8H2,1H3,(H,16,17). The number of carbonyl (C=O) groups is 1. The number of halogens is 1. The molecule has 3 nitrogen and oxygen atoms in total. The van der Waals surface area contributed by atoms with Gasteiger partial charge in [0.05, 0.1) is 10.2 Å². The van der Waals surface area contributed by atoms with Gasteiger partial charge in [-0.1, -0.05) is 0 Å². The lowest BCUT2D eigenvalue weighted by molar-refractivity contribution is -0.0438. The summed E-state index contributed by atoms with van der Waals surface area (Å²) >= 11 is 2.21. The zero-order valence-electron chi connectivity index (χ0n) is 10.3. The molecule has 0 atom stereocenters. The van der Waals surface area contributed by atoms with Crippen LogP contribution in [0.4, 0.5) is 0 Å². The van der Waals surface area contributed by atoms with Crippen LogP contribution >= 0.6 is 22.6 Å². The second-order valence-corrected chi connectivity index (χ2v) is 6.45. The van der Waals surface area contributed by atoms with Crippen LogP contribution in [0.15, 0.2) is 18.2 Å². The van der Waals surface area contributed by atoms with Crippen LogP contribution in [0.1, 0.15) is 36.5 Å². The third-order valence-corrected chi connectivity index (χ3v) is 4.75. The Hall–Kier alpha value is -0.780. The lowest BCUT2D eigenvalue weighted by Gasteiger charge is -2.61. The van der Waals surface area contributed by atoms with Crippen molar-refractivity contribution in [3.05, 3.63) is 27.3 Å². The van der Waals surface area contributed by atoms with Gasteiger partial charge in [-0.05, 0) is 72.9 Å². The number of amides is 1. The van der Waals surface area contributed by atoms with Crippen LogP contribution in [0.25, 0.3) is 0 Å². The van der Waals surface area contributed by atoms with Crippen molar-refractivity contribution in [2.75, 3.05) is 6.61 Å². The zero-order valence-corrected chi connectivity index (χ0v) is 12.5. The Morgan fingerprint density at radius 3 is 2.72 bits per heavy atom. The average Bonchev–Trinajstić information content (AvgIpc) is 2.24. The Morgan fingerprint density at radius 2 is 2.22 bits per heavy atom. The molecule has 2 bridgehead atoms. The van der Waals surface area contributed by atoms with Gasteiger partial charge >= 0.3 is 0 Å². The fourth-order valence-corrected chi connectivity index (χ4v) is 3.53. The monoisotopic (exact) mass is 357 g/mol. The van der Waals surface area contributed by atoms with E-state index in [-0.39, 0.29) is 11.4 Å². The number of ether oxygens (including phenoxy) is 1. The molecule has 3 saturated carbocycles. The van der Waals surface area contributed by atoms with E-state index in [9.17, 15) is 4.79 Å². The van der Waals surface area contributed by atoms with Gasteiger partial charge in [-0.15, -0.1) is 0 Å². The summed E-state index contributed by atoms with van der Waals surface area (Å²) in [5.74, 6) is 1.78. The molecular formula is C14H16INO2. The molecule has 0 heterocycles. The summed E-state index contributed by atoms with van der Waals surface area (Å²) in [4.78, 5) is 12.1. The van der Waals surface area contributed by atoms with Gasteiger partial charge in [-0.2, -0.15) is 0 Å². The Bertz CT molecular complexity index is 484. The summed E-state index contributed by atoms with van der Waals surface area (Å²) in [5, 5.41) is 3.17. The maximum absolute atomic E-state index is 12.1. The van der Waals surface area contributed by atoms with Gasteiger partial charge in [0.25, 0.3) is 5.91 Å². The van der Waals surface area contributed by atoms with Crippen LogP contribution in [-0.2, 0) is 0 Å². The van der Waals surface area contributed by atoms with E-state index in [1.165, 1.54) is 19.3 Å². The summed E-state index contributed by atoms with van der Waals surface area (Å²) in [6, 6.07) is 5.61. The van der Waals surface area contributed by atoms with Gasteiger partial charge in [-0.3, -0.25) is 4.79 Å². The number of nitrogens with one attached hydrogen (secondary N) is 1. The molecule has 1 N–H and O–H groups in total. The average molecular weight is 357 g/mol. The highest BCUT2D eigenvalue weighted by Crippen LogP contribution is 2.56. The number of rotatable bonds is 4.